The van der Waals surface area contributed by atoms with Gasteiger partial charge in [-0.2, -0.15) is 5.26 Å². The van der Waals surface area contributed by atoms with E-state index in [4.69, 9.17) is 5.26 Å². The van der Waals surface area contributed by atoms with Crippen LogP contribution in [0.4, 0.5) is 0 Å². The third-order valence-electron chi connectivity index (χ3n) is 1.61. The number of hydrogen-bond donors (Lipinski definition) is 0. The van der Waals surface area contributed by atoms with E-state index < -0.39 is 0 Å². The molecule has 0 fully saturated rings. The van der Waals surface area contributed by atoms with Crippen molar-refractivity contribution in [2.24, 2.45) is 0 Å². The van der Waals surface area contributed by atoms with E-state index in [1.54, 1.807) is 24.0 Å². The zero-order valence-corrected chi connectivity index (χ0v) is 8.47. The molecule has 0 aliphatic carbocycles. The Morgan fingerprint density at radius 2 is 2.46 bits per heavy atom. The maximum Gasteiger partial charge on any atom is 0.0993 e. The van der Waals surface area contributed by atoms with Crippen LogP contribution in [0.2, 0.25) is 0 Å². The van der Waals surface area contributed by atoms with Gasteiger partial charge in [0.2, 0.25) is 0 Å². The lowest BCUT2D eigenvalue weighted by atomic mass is 10.3. The van der Waals surface area contributed by atoms with Crippen molar-refractivity contribution in [3.8, 4) is 6.07 Å². The molecule has 2 nitrogen and oxygen atoms in total. The van der Waals surface area contributed by atoms with Gasteiger partial charge in [-0.1, -0.05) is 13.3 Å². The highest BCUT2D eigenvalue weighted by atomic mass is 32.2. The predicted octanol–water partition coefficient (Wildman–Crippen LogP) is 2.85. The molecule has 0 saturated heterocycles. The Bertz CT molecular complexity index is 304. The Hall–Kier alpha value is -1.01. The van der Waals surface area contributed by atoms with Crippen LogP contribution in [-0.2, 0) is 0 Å². The second-order valence-corrected chi connectivity index (χ2v) is 3.81. The first-order valence-electron chi connectivity index (χ1n) is 4.35. The SMILES string of the molecule is CCCCSc1cc(C#N)ccn1. The van der Waals surface area contributed by atoms with Gasteiger partial charge in [0.05, 0.1) is 16.7 Å². The summed E-state index contributed by atoms with van der Waals surface area (Å²) in [5.41, 5.74) is 0.689. The summed E-state index contributed by atoms with van der Waals surface area (Å²) in [5.74, 6) is 1.08. The van der Waals surface area contributed by atoms with E-state index in [1.165, 1.54) is 12.8 Å². The van der Waals surface area contributed by atoms with Gasteiger partial charge < -0.3 is 0 Å². The van der Waals surface area contributed by atoms with Crippen LogP contribution < -0.4 is 0 Å². The summed E-state index contributed by atoms with van der Waals surface area (Å²) in [5, 5.41) is 9.60. The van der Waals surface area contributed by atoms with E-state index in [2.05, 4.69) is 18.0 Å². The largest absolute Gasteiger partial charge is 0.250 e. The second-order valence-electron chi connectivity index (χ2n) is 2.70. The molecule has 0 atom stereocenters. The fourth-order valence-corrected chi connectivity index (χ4v) is 1.87. The quantitative estimate of drug-likeness (QED) is 0.543. The molecule has 68 valence electrons. The molecule has 1 aromatic rings. The Morgan fingerprint density at radius 1 is 1.62 bits per heavy atom. The summed E-state index contributed by atoms with van der Waals surface area (Å²) < 4.78 is 0. The van der Waals surface area contributed by atoms with Crippen molar-refractivity contribution < 1.29 is 0 Å². The van der Waals surface area contributed by atoms with Gasteiger partial charge in [-0.05, 0) is 24.3 Å². The minimum atomic E-state index is 0.689. The molecule has 0 aliphatic heterocycles. The first-order valence-corrected chi connectivity index (χ1v) is 5.34. The highest BCUT2D eigenvalue weighted by molar-refractivity contribution is 7.99. The van der Waals surface area contributed by atoms with Crippen LogP contribution in [0.25, 0.3) is 0 Å². The van der Waals surface area contributed by atoms with Gasteiger partial charge in [-0.3, -0.25) is 0 Å². The number of pyridine rings is 1. The minimum Gasteiger partial charge on any atom is -0.250 e. The van der Waals surface area contributed by atoms with Crippen molar-refractivity contribution in [2.45, 2.75) is 24.8 Å². The van der Waals surface area contributed by atoms with Gasteiger partial charge in [0.15, 0.2) is 0 Å². The summed E-state index contributed by atoms with van der Waals surface area (Å²) in [7, 11) is 0. The molecule has 3 heteroatoms. The Labute approximate surface area is 83.0 Å². The molecule has 0 saturated carbocycles. The van der Waals surface area contributed by atoms with E-state index in [0.29, 0.717) is 5.56 Å². The molecule has 1 rings (SSSR count). The average Bonchev–Trinajstić information content (AvgIpc) is 2.19. The first-order chi connectivity index (χ1) is 6.36. The molecule has 13 heavy (non-hydrogen) atoms. The number of thioether (sulfide) groups is 1. The van der Waals surface area contributed by atoms with Gasteiger partial charge in [0, 0.05) is 6.20 Å². The molecule has 0 N–H and O–H groups in total. The van der Waals surface area contributed by atoms with Crippen molar-refractivity contribution >= 4 is 11.8 Å². The van der Waals surface area contributed by atoms with E-state index in [0.717, 1.165) is 10.8 Å². The number of nitriles is 1. The van der Waals surface area contributed by atoms with Gasteiger partial charge in [0.25, 0.3) is 0 Å². The Balaban J connectivity index is 2.52. The third kappa shape index (κ3) is 3.47. The smallest absolute Gasteiger partial charge is 0.0993 e. The summed E-state index contributed by atoms with van der Waals surface area (Å²) in [6, 6.07) is 5.66. The van der Waals surface area contributed by atoms with Crippen LogP contribution in [0.5, 0.6) is 0 Å². The van der Waals surface area contributed by atoms with Crippen LogP contribution >= 0.6 is 11.8 Å². The van der Waals surface area contributed by atoms with Crippen molar-refractivity contribution in [1.82, 2.24) is 4.98 Å². The Kier molecular flexibility index (Phi) is 4.34. The van der Waals surface area contributed by atoms with Crippen LogP contribution in [-0.4, -0.2) is 10.7 Å². The zero-order chi connectivity index (χ0) is 9.52. The van der Waals surface area contributed by atoms with E-state index in [9.17, 15) is 0 Å². The first kappa shape index (κ1) is 10.1. The molecule has 0 bridgehead atoms. The highest BCUT2D eigenvalue weighted by Crippen LogP contribution is 2.17. The van der Waals surface area contributed by atoms with Gasteiger partial charge >= 0.3 is 0 Å². The molecule has 0 radical (unpaired) electrons. The van der Waals surface area contributed by atoms with E-state index in [-0.39, 0.29) is 0 Å². The normalized spacial score (nSPS) is 9.54. The number of aromatic nitrogens is 1. The van der Waals surface area contributed by atoms with E-state index >= 15 is 0 Å². The van der Waals surface area contributed by atoms with Crippen LogP contribution in [0.15, 0.2) is 23.4 Å². The Morgan fingerprint density at radius 3 is 3.15 bits per heavy atom. The summed E-state index contributed by atoms with van der Waals surface area (Å²) in [6.45, 7) is 2.17. The number of nitrogens with zero attached hydrogens (tertiary/aromatic N) is 2. The maximum absolute atomic E-state index is 8.65. The minimum absolute atomic E-state index is 0.689. The lowest BCUT2D eigenvalue weighted by Gasteiger charge is -1.98. The average molecular weight is 192 g/mol. The van der Waals surface area contributed by atoms with Gasteiger partial charge in [0.1, 0.15) is 0 Å². The molecular formula is C10H12N2S. The topological polar surface area (TPSA) is 36.7 Å². The highest BCUT2D eigenvalue weighted by Gasteiger charge is 1.96. The molecule has 1 aromatic heterocycles. The predicted molar refractivity (Wildman–Crippen MR) is 54.6 cm³/mol. The van der Waals surface area contributed by atoms with Crippen molar-refractivity contribution in [3.05, 3.63) is 23.9 Å². The molecule has 0 aliphatic rings. The van der Waals surface area contributed by atoms with E-state index in [1.807, 2.05) is 6.07 Å². The van der Waals surface area contributed by atoms with Crippen LogP contribution in [0.1, 0.15) is 25.3 Å². The van der Waals surface area contributed by atoms with Crippen molar-refractivity contribution in [2.75, 3.05) is 5.75 Å². The molecule has 0 unspecified atom stereocenters. The lowest BCUT2D eigenvalue weighted by Crippen LogP contribution is -1.84. The third-order valence-corrected chi connectivity index (χ3v) is 2.62. The zero-order valence-electron chi connectivity index (χ0n) is 7.66. The molecule has 0 spiro atoms. The standard InChI is InChI=1S/C10H12N2S/c1-2-3-6-13-10-7-9(8-11)4-5-12-10/h4-5,7H,2-3,6H2,1H3. The lowest BCUT2D eigenvalue weighted by molar-refractivity contribution is 0.894. The fourth-order valence-electron chi connectivity index (χ4n) is 0.879. The summed E-state index contributed by atoms with van der Waals surface area (Å²) in [4.78, 5) is 4.17. The van der Waals surface area contributed by atoms with Crippen LogP contribution in [0.3, 0.4) is 0 Å². The summed E-state index contributed by atoms with van der Waals surface area (Å²) in [6.07, 6.45) is 4.08. The van der Waals surface area contributed by atoms with Crippen molar-refractivity contribution in [1.29, 1.82) is 5.26 Å². The van der Waals surface area contributed by atoms with Gasteiger partial charge in [-0.25, -0.2) is 4.98 Å². The number of hydrogen-bond acceptors (Lipinski definition) is 3. The maximum atomic E-state index is 8.65. The summed E-state index contributed by atoms with van der Waals surface area (Å²) >= 11 is 1.71. The second kappa shape index (κ2) is 5.60. The fraction of sp³-hybridized carbons (Fsp3) is 0.400. The number of rotatable bonds is 4. The van der Waals surface area contributed by atoms with Crippen LogP contribution in [0, 0.1) is 11.3 Å². The molecule has 0 aromatic carbocycles. The molecule has 0 amide bonds. The molecule has 1 heterocycles. The molecular weight excluding hydrogens is 180 g/mol. The monoisotopic (exact) mass is 192 g/mol. The van der Waals surface area contributed by atoms with Crippen molar-refractivity contribution in [3.63, 3.8) is 0 Å². The van der Waals surface area contributed by atoms with Gasteiger partial charge in [-0.15, -0.1) is 11.8 Å². The number of unbranched alkanes of at least 4 members (excludes halogenated alkanes) is 1.